The van der Waals surface area contributed by atoms with Crippen LogP contribution in [0.1, 0.15) is 5.56 Å². The molecule has 0 atom stereocenters. The Kier molecular flexibility index (Phi) is 8.25. The van der Waals surface area contributed by atoms with Crippen molar-refractivity contribution in [2.75, 3.05) is 18.9 Å². The SMILES string of the molecule is O=C(COc1ccc(Br)cc1Cl)NCCSCc1ccc(Cl)cc1. The molecule has 1 amide bonds. The lowest BCUT2D eigenvalue weighted by molar-refractivity contribution is -0.122. The third-order valence-corrected chi connectivity index (χ3v) is 5.07. The summed E-state index contributed by atoms with van der Waals surface area (Å²) < 4.78 is 6.27. The van der Waals surface area contributed by atoms with E-state index in [1.165, 1.54) is 5.56 Å². The molecule has 0 aliphatic rings. The highest BCUT2D eigenvalue weighted by molar-refractivity contribution is 9.10. The molecule has 3 nitrogen and oxygen atoms in total. The number of halogens is 3. The highest BCUT2D eigenvalue weighted by atomic mass is 79.9. The minimum atomic E-state index is -0.166. The number of ether oxygens (including phenoxy) is 1. The van der Waals surface area contributed by atoms with Gasteiger partial charge in [0, 0.05) is 27.5 Å². The fourth-order valence-electron chi connectivity index (χ4n) is 1.82. The third-order valence-electron chi connectivity index (χ3n) is 3.00. The lowest BCUT2D eigenvalue weighted by atomic mass is 10.2. The quantitative estimate of drug-likeness (QED) is 0.565. The Bertz CT molecular complexity index is 683. The van der Waals surface area contributed by atoms with Crippen molar-refractivity contribution in [2.24, 2.45) is 0 Å². The van der Waals surface area contributed by atoms with E-state index in [0.717, 1.165) is 21.0 Å². The van der Waals surface area contributed by atoms with Gasteiger partial charge in [-0.05, 0) is 35.9 Å². The molecule has 7 heteroatoms. The Morgan fingerprint density at radius 3 is 2.62 bits per heavy atom. The molecule has 2 aromatic carbocycles. The Hall–Kier alpha value is -0.880. The first-order chi connectivity index (χ1) is 11.5. The number of carbonyl (C=O) groups is 1. The molecule has 0 aliphatic carbocycles. The molecule has 128 valence electrons. The number of carbonyl (C=O) groups excluding carboxylic acids is 1. The van der Waals surface area contributed by atoms with Gasteiger partial charge < -0.3 is 10.1 Å². The van der Waals surface area contributed by atoms with Gasteiger partial charge in [-0.3, -0.25) is 4.79 Å². The van der Waals surface area contributed by atoms with E-state index in [2.05, 4.69) is 21.2 Å². The molecular weight excluding hydrogens is 433 g/mol. The number of nitrogens with one attached hydrogen (secondary N) is 1. The van der Waals surface area contributed by atoms with Crippen molar-refractivity contribution in [3.8, 4) is 5.75 Å². The van der Waals surface area contributed by atoms with Gasteiger partial charge in [-0.25, -0.2) is 0 Å². The maximum absolute atomic E-state index is 11.8. The number of hydrogen-bond donors (Lipinski definition) is 1. The predicted octanol–water partition coefficient (Wildman–Crippen LogP) is 5.18. The van der Waals surface area contributed by atoms with Crippen molar-refractivity contribution < 1.29 is 9.53 Å². The van der Waals surface area contributed by atoms with E-state index in [1.54, 1.807) is 23.9 Å². The van der Waals surface area contributed by atoms with Crippen LogP contribution in [0.3, 0.4) is 0 Å². The predicted molar refractivity (Wildman–Crippen MR) is 105 cm³/mol. The van der Waals surface area contributed by atoms with E-state index in [0.29, 0.717) is 17.3 Å². The normalized spacial score (nSPS) is 10.5. The molecule has 2 aromatic rings. The number of benzene rings is 2. The molecule has 0 unspecified atom stereocenters. The summed E-state index contributed by atoms with van der Waals surface area (Å²) in [5.74, 6) is 2.04. The number of hydrogen-bond acceptors (Lipinski definition) is 3. The molecule has 2 rings (SSSR count). The Morgan fingerprint density at radius 1 is 1.17 bits per heavy atom. The lowest BCUT2D eigenvalue weighted by Gasteiger charge is -2.09. The number of thioether (sulfide) groups is 1. The first kappa shape index (κ1) is 19.4. The fourth-order valence-corrected chi connectivity index (χ4v) is 3.49. The molecule has 0 saturated carbocycles. The molecule has 0 spiro atoms. The van der Waals surface area contributed by atoms with Crippen LogP contribution in [0.2, 0.25) is 10.0 Å². The first-order valence-corrected chi connectivity index (χ1v) is 9.91. The van der Waals surface area contributed by atoms with Crippen LogP contribution < -0.4 is 10.1 Å². The molecule has 0 fully saturated rings. The van der Waals surface area contributed by atoms with Gasteiger partial charge in [0.15, 0.2) is 6.61 Å². The molecule has 0 heterocycles. The second-order valence-electron chi connectivity index (χ2n) is 4.89. The summed E-state index contributed by atoms with van der Waals surface area (Å²) in [5.41, 5.74) is 1.21. The number of amides is 1. The fraction of sp³-hybridized carbons (Fsp3) is 0.235. The van der Waals surface area contributed by atoms with Gasteiger partial charge in [0.25, 0.3) is 5.91 Å². The van der Waals surface area contributed by atoms with Crippen LogP contribution in [0.5, 0.6) is 5.75 Å². The summed E-state index contributed by atoms with van der Waals surface area (Å²) in [4.78, 5) is 11.8. The Balaban J connectivity index is 1.60. The highest BCUT2D eigenvalue weighted by Crippen LogP contribution is 2.27. The minimum Gasteiger partial charge on any atom is -0.482 e. The zero-order chi connectivity index (χ0) is 17.4. The van der Waals surface area contributed by atoms with Gasteiger partial charge >= 0.3 is 0 Å². The maximum atomic E-state index is 11.8. The van der Waals surface area contributed by atoms with Crippen LogP contribution in [0.4, 0.5) is 0 Å². The molecule has 24 heavy (non-hydrogen) atoms. The van der Waals surface area contributed by atoms with E-state index in [-0.39, 0.29) is 12.5 Å². The van der Waals surface area contributed by atoms with Crippen LogP contribution in [0, 0.1) is 0 Å². The van der Waals surface area contributed by atoms with Crippen molar-refractivity contribution in [2.45, 2.75) is 5.75 Å². The van der Waals surface area contributed by atoms with E-state index in [4.69, 9.17) is 27.9 Å². The monoisotopic (exact) mass is 447 g/mol. The highest BCUT2D eigenvalue weighted by Gasteiger charge is 2.06. The standard InChI is InChI=1S/C17H16BrCl2NO2S/c18-13-3-6-16(15(20)9-13)23-10-17(22)21-7-8-24-11-12-1-4-14(19)5-2-12/h1-6,9H,7-8,10-11H2,(H,21,22). The molecule has 0 bridgehead atoms. The average molecular weight is 449 g/mol. The lowest BCUT2D eigenvalue weighted by Crippen LogP contribution is -2.30. The minimum absolute atomic E-state index is 0.0524. The van der Waals surface area contributed by atoms with E-state index in [1.807, 2.05) is 30.3 Å². The largest absolute Gasteiger partial charge is 0.482 e. The van der Waals surface area contributed by atoms with Crippen molar-refractivity contribution in [1.82, 2.24) is 5.32 Å². The summed E-state index contributed by atoms with van der Waals surface area (Å²) in [6, 6.07) is 13.0. The Morgan fingerprint density at radius 2 is 1.92 bits per heavy atom. The zero-order valence-electron chi connectivity index (χ0n) is 12.7. The third kappa shape index (κ3) is 6.93. The summed E-state index contributed by atoms with van der Waals surface area (Å²) >= 11 is 16.9. The van der Waals surface area contributed by atoms with E-state index >= 15 is 0 Å². The van der Waals surface area contributed by atoms with E-state index < -0.39 is 0 Å². The summed E-state index contributed by atoms with van der Waals surface area (Å²) in [7, 11) is 0. The zero-order valence-corrected chi connectivity index (χ0v) is 16.6. The van der Waals surface area contributed by atoms with Crippen LogP contribution in [-0.2, 0) is 10.5 Å². The van der Waals surface area contributed by atoms with Crippen LogP contribution in [-0.4, -0.2) is 24.8 Å². The van der Waals surface area contributed by atoms with Crippen molar-refractivity contribution >= 4 is 56.8 Å². The smallest absolute Gasteiger partial charge is 0.257 e. The summed E-state index contributed by atoms with van der Waals surface area (Å²) in [5, 5.41) is 4.03. The summed E-state index contributed by atoms with van der Waals surface area (Å²) in [6.07, 6.45) is 0. The molecule has 0 aromatic heterocycles. The van der Waals surface area contributed by atoms with Crippen molar-refractivity contribution in [3.63, 3.8) is 0 Å². The van der Waals surface area contributed by atoms with Crippen molar-refractivity contribution in [3.05, 3.63) is 62.5 Å². The molecule has 0 saturated heterocycles. The number of rotatable bonds is 8. The second-order valence-corrected chi connectivity index (χ2v) is 7.76. The molecule has 0 radical (unpaired) electrons. The van der Waals surface area contributed by atoms with Gasteiger partial charge in [-0.2, -0.15) is 11.8 Å². The van der Waals surface area contributed by atoms with Crippen LogP contribution in [0.25, 0.3) is 0 Å². The van der Waals surface area contributed by atoms with Gasteiger partial charge in [0.1, 0.15) is 5.75 Å². The Labute approximate surface area is 164 Å². The molecule has 0 aliphatic heterocycles. The van der Waals surface area contributed by atoms with Gasteiger partial charge in [-0.15, -0.1) is 0 Å². The van der Waals surface area contributed by atoms with Gasteiger partial charge in [0.05, 0.1) is 5.02 Å². The van der Waals surface area contributed by atoms with Crippen molar-refractivity contribution in [1.29, 1.82) is 0 Å². The topological polar surface area (TPSA) is 38.3 Å². The first-order valence-electron chi connectivity index (χ1n) is 7.21. The van der Waals surface area contributed by atoms with Gasteiger partial charge in [-0.1, -0.05) is 51.3 Å². The molecular formula is C17H16BrCl2NO2S. The maximum Gasteiger partial charge on any atom is 0.257 e. The second kappa shape index (κ2) is 10.2. The summed E-state index contributed by atoms with van der Waals surface area (Å²) in [6.45, 7) is 0.539. The van der Waals surface area contributed by atoms with Crippen LogP contribution in [0.15, 0.2) is 46.9 Å². The average Bonchev–Trinajstić information content (AvgIpc) is 2.55. The van der Waals surface area contributed by atoms with E-state index in [9.17, 15) is 4.79 Å². The van der Waals surface area contributed by atoms with Crippen LogP contribution >= 0.6 is 50.9 Å². The molecule has 1 N–H and O–H groups in total. The van der Waals surface area contributed by atoms with Gasteiger partial charge in [0.2, 0.25) is 0 Å².